The SMILES string of the molecule is CC(C)(C)OC(=O)NN.CCOC(=O)C(=NNC(=O)OC(C)(C)C)c1csc(NC(=O)OC(C)(C)C)n1.CCOC(=O)C(=O)c1csc(NC(=O)OC(C)(C)C)n1. The summed E-state index contributed by atoms with van der Waals surface area (Å²) in [6, 6.07) is 0. The van der Waals surface area contributed by atoms with Crippen molar-refractivity contribution in [2.45, 2.75) is 119 Å². The molecule has 23 heteroatoms. The second-order valence-electron chi connectivity index (χ2n) is 14.8. The largest absolute Gasteiger partial charge is 0.461 e. The first-order chi connectivity index (χ1) is 26.0. The summed E-state index contributed by atoms with van der Waals surface area (Å²) in [7, 11) is 0. The minimum absolute atomic E-state index is 0.0699. The van der Waals surface area contributed by atoms with Gasteiger partial charge >= 0.3 is 36.3 Å². The van der Waals surface area contributed by atoms with E-state index >= 15 is 0 Å². The van der Waals surface area contributed by atoms with Crippen LogP contribution in [0.4, 0.5) is 29.4 Å². The lowest BCUT2D eigenvalue weighted by Crippen LogP contribution is -2.36. The zero-order valence-corrected chi connectivity index (χ0v) is 36.2. The number of rotatable bonds is 9. The van der Waals surface area contributed by atoms with E-state index < -0.39 is 64.5 Å². The van der Waals surface area contributed by atoms with E-state index in [0.717, 1.165) is 22.7 Å². The molecule has 0 aliphatic rings. The van der Waals surface area contributed by atoms with Gasteiger partial charge in [0.1, 0.15) is 33.8 Å². The van der Waals surface area contributed by atoms with E-state index in [1.807, 2.05) is 5.43 Å². The van der Waals surface area contributed by atoms with Gasteiger partial charge in [0.2, 0.25) is 0 Å². The highest BCUT2D eigenvalue weighted by Gasteiger charge is 2.24. The second-order valence-corrected chi connectivity index (χ2v) is 16.5. The van der Waals surface area contributed by atoms with E-state index in [9.17, 15) is 33.6 Å². The maximum absolute atomic E-state index is 12.2. The molecule has 57 heavy (non-hydrogen) atoms. The topological polar surface area (TPSA) is 287 Å². The Hall–Kier alpha value is -5.42. The minimum atomic E-state index is -0.971. The maximum Gasteiger partial charge on any atom is 0.428 e. The van der Waals surface area contributed by atoms with Crippen molar-refractivity contribution in [1.29, 1.82) is 0 Å². The summed E-state index contributed by atoms with van der Waals surface area (Å²) in [6.45, 7) is 24.2. The van der Waals surface area contributed by atoms with Crippen molar-refractivity contribution < 1.29 is 62.0 Å². The van der Waals surface area contributed by atoms with Gasteiger partial charge in [-0.25, -0.2) is 50.0 Å². The van der Waals surface area contributed by atoms with Gasteiger partial charge in [-0.2, -0.15) is 5.10 Å². The number of nitrogens with one attached hydrogen (secondary N) is 4. The lowest BCUT2D eigenvalue weighted by atomic mass is 10.2. The van der Waals surface area contributed by atoms with Crippen LogP contribution < -0.4 is 27.3 Å². The molecule has 0 aromatic carbocycles. The van der Waals surface area contributed by atoms with Crippen LogP contribution in [0.3, 0.4) is 0 Å². The van der Waals surface area contributed by atoms with Crippen molar-refractivity contribution in [3.05, 3.63) is 22.1 Å². The number of anilines is 2. The smallest absolute Gasteiger partial charge is 0.428 e. The predicted molar refractivity (Wildman–Crippen MR) is 211 cm³/mol. The van der Waals surface area contributed by atoms with Gasteiger partial charge in [0, 0.05) is 10.8 Å². The Morgan fingerprint density at radius 2 is 0.965 bits per heavy atom. The van der Waals surface area contributed by atoms with Gasteiger partial charge in [0.15, 0.2) is 16.0 Å². The molecule has 0 radical (unpaired) electrons. The molecule has 0 unspecified atom stereocenters. The van der Waals surface area contributed by atoms with Crippen LogP contribution in [-0.2, 0) is 38.0 Å². The molecule has 0 saturated heterocycles. The number of carbonyl (C=O) groups excluding carboxylic acids is 7. The van der Waals surface area contributed by atoms with Crippen LogP contribution in [0.1, 0.15) is 113 Å². The molecule has 0 spiro atoms. The van der Waals surface area contributed by atoms with Crippen LogP contribution in [0.25, 0.3) is 0 Å². The average molecular weight is 847 g/mol. The number of Topliss-reactive ketones (excluding diaryl/α,β-unsaturated/α-hetero) is 1. The van der Waals surface area contributed by atoms with Crippen LogP contribution in [0, 0.1) is 0 Å². The summed E-state index contributed by atoms with van der Waals surface area (Å²) >= 11 is 2.07. The third-order valence-electron chi connectivity index (χ3n) is 4.80. The number of hydrogen-bond acceptors (Lipinski definition) is 19. The number of thiazole rings is 2. The van der Waals surface area contributed by atoms with Gasteiger partial charge in [0.05, 0.1) is 13.2 Å². The number of nitrogens with zero attached hydrogens (tertiary/aromatic N) is 3. The molecular formula is C34H54N8O13S2. The second kappa shape index (κ2) is 23.0. The zero-order chi connectivity index (χ0) is 44.4. The zero-order valence-electron chi connectivity index (χ0n) is 34.6. The van der Waals surface area contributed by atoms with Crippen molar-refractivity contribution in [3.63, 3.8) is 0 Å². The molecule has 0 saturated carbocycles. The van der Waals surface area contributed by atoms with Gasteiger partial charge in [-0.05, 0) is 96.9 Å². The molecule has 21 nitrogen and oxygen atoms in total. The third kappa shape index (κ3) is 24.7. The molecule has 0 aliphatic heterocycles. The maximum atomic E-state index is 12.2. The average Bonchev–Trinajstić information content (AvgIpc) is 3.68. The van der Waals surface area contributed by atoms with E-state index in [2.05, 4.69) is 35.9 Å². The summed E-state index contributed by atoms with van der Waals surface area (Å²) in [5.41, 5.74) is 1.31. The van der Waals surface area contributed by atoms with Crippen LogP contribution in [0.15, 0.2) is 15.9 Å². The Morgan fingerprint density at radius 3 is 1.35 bits per heavy atom. The fourth-order valence-electron chi connectivity index (χ4n) is 3.08. The van der Waals surface area contributed by atoms with Crippen LogP contribution >= 0.6 is 22.7 Å². The van der Waals surface area contributed by atoms with Crippen molar-refractivity contribution in [2.75, 3.05) is 23.8 Å². The molecular weight excluding hydrogens is 793 g/mol. The fourth-order valence-corrected chi connectivity index (χ4v) is 4.43. The number of esters is 2. The molecule has 2 rings (SSSR count). The predicted octanol–water partition coefficient (Wildman–Crippen LogP) is 5.90. The van der Waals surface area contributed by atoms with E-state index in [-0.39, 0.29) is 40.6 Å². The first-order valence-corrected chi connectivity index (χ1v) is 18.8. The molecule has 0 atom stereocenters. The van der Waals surface area contributed by atoms with Crippen molar-refractivity contribution >= 4 is 80.7 Å². The number of amides is 4. The van der Waals surface area contributed by atoms with Crippen molar-refractivity contribution in [3.8, 4) is 0 Å². The Balaban J connectivity index is 0.000000937. The number of hydrazone groups is 1. The standard InChI is InChI=1S/C17H26N4O6S.C12H16N2O5S.C5H12N2O2/c1-8-25-12(22)11(20-21-15(24)27-17(5,6)7)10-9-28-13(18-10)19-14(23)26-16(2,3)4;1-5-18-9(16)8(15)7-6-20-10(13-7)14-11(17)19-12(2,3)4;1-5(2,3)9-4(8)7-6/h9H,8H2,1-7H3,(H,21,24)(H,18,19,23);6H,5H2,1-4H3,(H,13,14,17);6H2,1-3H3,(H,7,8). The van der Waals surface area contributed by atoms with E-state index in [1.165, 1.54) is 10.8 Å². The highest BCUT2D eigenvalue weighted by Crippen LogP contribution is 2.19. The van der Waals surface area contributed by atoms with Crippen molar-refractivity contribution in [2.24, 2.45) is 10.9 Å². The Kier molecular flexibility index (Phi) is 20.8. The highest BCUT2D eigenvalue weighted by molar-refractivity contribution is 7.14. The molecule has 2 heterocycles. The number of hydrazine groups is 1. The minimum Gasteiger partial charge on any atom is -0.461 e. The summed E-state index contributed by atoms with van der Waals surface area (Å²) in [6.07, 6.45) is -2.81. The van der Waals surface area contributed by atoms with Gasteiger partial charge in [-0.3, -0.25) is 20.9 Å². The van der Waals surface area contributed by atoms with Crippen LogP contribution in [0.5, 0.6) is 0 Å². The summed E-state index contributed by atoms with van der Waals surface area (Å²) in [5.74, 6) is 2.15. The summed E-state index contributed by atoms with van der Waals surface area (Å²) < 4.78 is 29.5. The Labute approximate surface area is 339 Å². The lowest BCUT2D eigenvalue weighted by Gasteiger charge is -2.19. The van der Waals surface area contributed by atoms with E-state index in [1.54, 1.807) is 96.9 Å². The summed E-state index contributed by atoms with van der Waals surface area (Å²) in [4.78, 5) is 88.4. The van der Waals surface area contributed by atoms with Crippen LogP contribution in [-0.4, -0.2) is 93.4 Å². The molecule has 0 aliphatic carbocycles. The van der Waals surface area contributed by atoms with Gasteiger partial charge in [-0.1, -0.05) is 0 Å². The number of ether oxygens (including phenoxy) is 6. The monoisotopic (exact) mass is 846 g/mol. The molecule has 6 N–H and O–H groups in total. The first kappa shape index (κ1) is 51.6. The fraction of sp³-hybridized carbons (Fsp3) is 0.588. The number of ketones is 1. The molecule has 0 bridgehead atoms. The Bertz CT molecular complexity index is 1710. The molecule has 2 aromatic heterocycles. The quantitative estimate of drug-likeness (QED) is 0.0287. The number of nitrogens with two attached hydrogens (primary N) is 1. The normalized spacial score (nSPS) is 11.5. The van der Waals surface area contributed by atoms with E-state index in [4.69, 9.17) is 29.5 Å². The number of carbonyl (C=O) groups is 7. The lowest BCUT2D eigenvalue weighted by molar-refractivity contribution is -0.137. The molecule has 320 valence electrons. The van der Waals surface area contributed by atoms with Gasteiger partial charge in [0.25, 0.3) is 5.78 Å². The van der Waals surface area contributed by atoms with Gasteiger partial charge < -0.3 is 28.4 Å². The third-order valence-corrected chi connectivity index (χ3v) is 6.32. The highest BCUT2D eigenvalue weighted by atomic mass is 32.1. The van der Waals surface area contributed by atoms with Gasteiger partial charge in [-0.15, -0.1) is 22.7 Å². The molecule has 0 fully saturated rings. The number of hydrogen-bond donors (Lipinski definition) is 5. The molecule has 2 aromatic rings. The number of aromatic nitrogens is 2. The first-order valence-electron chi connectivity index (χ1n) is 17.0. The van der Waals surface area contributed by atoms with E-state index in [0.29, 0.717) is 0 Å². The Morgan fingerprint density at radius 1 is 0.596 bits per heavy atom. The molecule has 4 amide bonds. The van der Waals surface area contributed by atoms with Crippen LogP contribution in [0.2, 0.25) is 0 Å². The summed E-state index contributed by atoms with van der Waals surface area (Å²) in [5, 5.41) is 11.8. The van der Waals surface area contributed by atoms with Crippen molar-refractivity contribution in [1.82, 2.24) is 20.8 Å².